The zero-order valence-corrected chi connectivity index (χ0v) is 16.5. The van der Waals surface area contributed by atoms with Gasteiger partial charge in [0.2, 0.25) is 0 Å². The molecule has 0 fully saturated rings. The van der Waals surface area contributed by atoms with Gasteiger partial charge in [-0.1, -0.05) is 11.6 Å². The summed E-state index contributed by atoms with van der Waals surface area (Å²) in [6.07, 6.45) is -0.471. The fourth-order valence-electron chi connectivity index (χ4n) is 3.02. The zero-order valence-electron chi connectivity index (χ0n) is 15.7. The van der Waals surface area contributed by atoms with Crippen LogP contribution in [0.3, 0.4) is 0 Å². The quantitative estimate of drug-likeness (QED) is 0.810. The lowest BCUT2D eigenvalue weighted by atomic mass is 9.97. The number of benzene rings is 1. The average Bonchev–Trinajstić information content (AvgIpc) is 2.86. The Kier molecular flexibility index (Phi) is 5.41. The van der Waals surface area contributed by atoms with E-state index in [1.165, 1.54) is 0 Å². The van der Waals surface area contributed by atoms with Gasteiger partial charge in [0, 0.05) is 12.1 Å². The van der Waals surface area contributed by atoms with Crippen molar-refractivity contribution < 1.29 is 19.1 Å². The zero-order chi connectivity index (χ0) is 19.7. The smallest absolute Gasteiger partial charge is 0.313 e. The van der Waals surface area contributed by atoms with Gasteiger partial charge in [0.05, 0.1) is 23.0 Å². The number of halogens is 1. The number of anilines is 1. The summed E-state index contributed by atoms with van der Waals surface area (Å²) >= 11 is 6.00. The largest absolute Gasteiger partial charge is 0.492 e. The third-order valence-corrected chi connectivity index (χ3v) is 4.92. The van der Waals surface area contributed by atoms with Crippen LogP contribution in [-0.4, -0.2) is 34.4 Å². The Morgan fingerprint density at radius 1 is 1.41 bits per heavy atom. The molecule has 0 bridgehead atoms. The molecule has 27 heavy (non-hydrogen) atoms. The van der Waals surface area contributed by atoms with Crippen LogP contribution in [0.15, 0.2) is 18.2 Å². The molecule has 1 N–H and O–H groups in total. The van der Waals surface area contributed by atoms with Crippen molar-refractivity contribution >= 4 is 29.2 Å². The highest BCUT2D eigenvalue weighted by atomic mass is 35.5. The molecule has 2 atom stereocenters. The van der Waals surface area contributed by atoms with Gasteiger partial charge >= 0.3 is 5.97 Å². The Morgan fingerprint density at radius 3 is 2.81 bits per heavy atom. The summed E-state index contributed by atoms with van der Waals surface area (Å²) in [5, 5.41) is 7.62. The number of nitrogens with one attached hydrogen (secondary N) is 1. The van der Waals surface area contributed by atoms with Gasteiger partial charge < -0.3 is 14.8 Å². The minimum absolute atomic E-state index is 0.211. The molecule has 0 saturated carbocycles. The van der Waals surface area contributed by atoms with Crippen molar-refractivity contribution in [3.05, 3.63) is 40.2 Å². The number of hydrogen-bond acceptors (Lipinski definition) is 5. The van der Waals surface area contributed by atoms with Crippen LogP contribution in [0.5, 0.6) is 5.75 Å². The fraction of sp³-hybridized carbons (Fsp3) is 0.421. The van der Waals surface area contributed by atoms with Crippen molar-refractivity contribution in [1.29, 1.82) is 0 Å². The molecule has 0 unspecified atom stereocenters. The van der Waals surface area contributed by atoms with Crippen molar-refractivity contribution in [3.8, 4) is 5.75 Å². The number of ether oxygens (including phenoxy) is 2. The molecule has 0 radical (unpaired) electrons. The van der Waals surface area contributed by atoms with Crippen molar-refractivity contribution in [3.63, 3.8) is 0 Å². The highest BCUT2D eigenvalue weighted by molar-refractivity contribution is 6.30. The van der Waals surface area contributed by atoms with Crippen LogP contribution in [-0.2, 0) is 27.8 Å². The molecule has 1 aromatic heterocycles. The number of carbonyl (C=O) groups excluding carboxylic acids is 2. The normalized spacial score (nSPS) is 16.9. The summed E-state index contributed by atoms with van der Waals surface area (Å²) in [6, 6.07) is 5.31. The van der Waals surface area contributed by atoms with Gasteiger partial charge in [-0.25, -0.2) is 0 Å². The first-order valence-corrected chi connectivity index (χ1v) is 9.07. The predicted octanol–water partition coefficient (Wildman–Crippen LogP) is 2.81. The lowest BCUT2D eigenvalue weighted by molar-refractivity contribution is -0.158. The molecule has 1 aliphatic rings. The molecule has 1 aliphatic heterocycles. The maximum absolute atomic E-state index is 12.5. The molecular formula is C19H22ClN3O4. The van der Waals surface area contributed by atoms with E-state index in [-0.39, 0.29) is 6.61 Å². The molecule has 7 nitrogen and oxygen atoms in total. The van der Waals surface area contributed by atoms with Gasteiger partial charge in [-0.15, -0.1) is 0 Å². The Labute approximate surface area is 162 Å². The second-order valence-corrected chi connectivity index (χ2v) is 7.14. The van der Waals surface area contributed by atoms with E-state index in [0.717, 1.165) is 17.0 Å². The van der Waals surface area contributed by atoms with Crippen molar-refractivity contribution in [1.82, 2.24) is 9.78 Å². The molecule has 1 amide bonds. The van der Waals surface area contributed by atoms with E-state index in [4.69, 9.17) is 21.1 Å². The maximum Gasteiger partial charge on any atom is 0.313 e. The van der Waals surface area contributed by atoms with Gasteiger partial charge in [-0.2, -0.15) is 5.10 Å². The first kappa shape index (κ1) is 19.2. The first-order valence-electron chi connectivity index (χ1n) is 8.69. The Morgan fingerprint density at radius 2 is 2.15 bits per heavy atom. The summed E-state index contributed by atoms with van der Waals surface area (Å²) in [4.78, 5) is 24.9. The number of amides is 1. The third-order valence-electron chi connectivity index (χ3n) is 4.68. The molecule has 8 heteroatoms. The lowest BCUT2D eigenvalue weighted by Crippen LogP contribution is -2.36. The molecule has 0 saturated heterocycles. The molecule has 1 aromatic carbocycles. The topological polar surface area (TPSA) is 82.5 Å². The van der Waals surface area contributed by atoms with Crippen LogP contribution in [0.25, 0.3) is 0 Å². The number of aryl methyl sites for hydroxylation is 2. The Bertz CT molecular complexity index is 893. The number of carbonyl (C=O) groups is 2. The van der Waals surface area contributed by atoms with Crippen molar-refractivity contribution in [2.45, 2.75) is 33.3 Å². The van der Waals surface area contributed by atoms with Crippen LogP contribution in [0.1, 0.15) is 23.9 Å². The lowest BCUT2D eigenvalue weighted by Gasteiger charge is -2.25. The minimum Gasteiger partial charge on any atom is -0.492 e. The summed E-state index contributed by atoms with van der Waals surface area (Å²) in [7, 11) is 1.80. The SMILES string of the molecule is Cc1nn(C)c(C)c1NC(=O)[C@H](C)OC(=O)[C@H]1COc2ccc(Cl)cc2C1. The van der Waals surface area contributed by atoms with E-state index in [0.29, 0.717) is 22.8 Å². The predicted molar refractivity (Wildman–Crippen MR) is 101 cm³/mol. The Balaban J connectivity index is 1.61. The van der Waals surface area contributed by atoms with E-state index in [1.54, 1.807) is 43.8 Å². The van der Waals surface area contributed by atoms with Gasteiger partial charge in [0.15, 0.2) is 6.10 Å². The number of fused-ring (bicyclic) bond motifs is 1. The van der Waals surface area contributed by atoms with Crippen molar-refractivity contribution in [2.75, 3.05) is 11.9 Å². The van der Waals surface area contributed by atoms with Crippen LogP contribution in [0.2, 0.25) is 5.02 Å². The Hall–Kier alpha value is -2.54. The number of aromatic nitrogens is 2. The summed E-state index contributed by atoms with van der Waals surface area (Å²) in [5.74, 6) is -0.629. The molecule has 0 aliphatic carbocycles. The first-order chi connectivity index (χ1) is 12.8. The van der Waals surface area contributed by atoms with Crippen LogP contribution in [0.4, 0.5) is 5.69 Å². The van der Waals surface area contributed by atoms with E-state index >= 15 is 0 Å². The summed E-state index contributed by atoms with van der Waals surface area (Å²) < 4.78 is 12.7. The number of nitrogens with zero attached hydrogens (tertiary/aromatic N) is 2. The summed E-state index contributed by atoms with van der Waals surface area (Å²) in [6.45, 7) is 5.42. The second-order valence-electron chi connectivity index (χ2n) is 6.70. The molecule has 0 spiro atoms. The molecule has 2 heterocycles. The van der Waals surface area contributed by atoms with E-state index < -0.39 is 23.9 Å². The molecule has 3 rings (SSSR count). The minimum atomic E-state index is -0.933. The molecule has 2 aromatic rings. The standard InChI is InChI=1S/C19H22ClN3O4/c1-10-17(11(2)23(4)22-10)21-18(24)12(3)27-19(25)14-7-13-8-15(20)5-6-16(13)26-9-14/h5-6,8,12,14H,7,9H2,1-4H3,(H,21,24)/t12-,14+/m0/s1. The van der Waals surface area contributed by atoms with Gasteiger partial charge in [-0.05, 0) is 51.0 Å². The average molecular weight is 392 g/mol. The van der Waals surface area contributed by atoms with Gasteiger partial charge in [-0.3, -0.25) is 14.3 Å². The van der Waals surface area contributed by atoms with E-state index in [1.807, 2.05) is 6.92 Å². The summed E-state index contributed by atoms with van der Waals surface area (Å²) in [5.41, 5.74) is 3.02. The third kappa shape index (κ3) is 4.08. The molecule has 144 valence electrons. The highest BCUT2D eigenvalue weighted by Crippen LogP contribution is 2.30. The van der Waals surface area contributed by atoms with Crippen molar-refractivity contribution in [2.24, 2.45) is 13.0 Å². The fourth-order valence-corrected chi connectivity index (χ4v) is 3.21. The van der Waals surface area contributed by atoms with Gasteiger partial charge in [0.1, 0.15) is 12.4 Å². The van der Waals surface area contributed by atoms with E-state index in [2.05, 4.69) is 10.4 Å². The van der Waals surface area contributed by atoms with Crippen LogP contribution in [0, 0.1) is 19.8 Å². The number of esters is 1. The van der Waals surface area contributed by atoms with Gasteiger partial charge in [0.25, 0.3) is 5.91 Å². The molecular weight excluding hydrogens is 370 g/mol. The van der Waals surface area contributed by atoms with Crippen LogP contribution < -0.4 is 10.1 Å². The maximum atomic E-state index is 12.5. The number of hydrogen-bond donors (Lipinski definition) is 1. The monoisotopic (exact) mass is 391 g/mol. The van der Waals surface area contributed by atoms with E-state index in [9.17, 15) is 9.59 Å². The second kappa shape index (κ2) is 7.60. The highest BCUT2D eigenvalue weighted by Gasteiger charge is 2.30. The van der Waals surface area contributed by atoms with Crippen LogP contribution >= 0.6 is 11.6 Å². The number of rotatable bonds is 4.